The Bertz CT molecular complexity index is 528. The first-order valence-electron chi connectivity index (χ1n) is 6.15. The molecule has 1 nitrogen and oxygen atoms in total. The van der Waals surface area contributed by atoms with Crippen LogP contribution in [0.4, 0.5) is 0 Å². The van der Waals surface area contributed by atoms with E-state index in [0.717, 1.165) is 22.3 Å². The third-order valence-electron chi connectivity index (χ3n) is 3.17. The molecule has 1 heteroatoms. The van der Waals surface area contributed by atoms with Crippen molar-refractivity contribution < 1.29 is 5.11 Å². The van der Waals surface area contributed by atoms with Crippen molar-refractivity contribution in [2.24, 2.45) is 0 Å². The van der Waals surface area contributed by atoms with Gasteiger partial charge in [-0.25, -0.2) is 0 Å². The monoisotopic (exact) mass is 238 g/mol. The minimum Gasteiger partial charge on any atom is -0.388 e. The first-order chi connectivity index (χ1) is 8.68. The summed E-state index contributed by atoms with van der Waals surface area (Å²) in [6.07, 6.45) is 0.0772. The van der Waals surface area contributed by atoms with Crippen LogP contribution in [0.3, 0.4) is 0 Å². The SMILES string of the molecule is C=C(CC(O)c1ccccc1C)c1ccccc1. The third-order valence-corrected chi connectivity index (χ3v) is 3.17. The topological polar surface area (TPSA) is 20.2 Å². The Labute approximate surface area is 108 Å². The zero-order chi connectivity index (χ0) is 13.0. The molecular formula is C17H18O. The van der Waals surface area contributed by atoms with E-state index in [4.69, 9.17) is 0 Å². The van der Waals surface area contributed by atoms with Gasteiger partial charge in [-0.3, -0.25) is 0 Å². The van der Waals surface area contributed by atoms with Crippen molar-refractivity contribution in [3.05, 3.63) is 77.9 Å². The lowest BCUT2D eigenvalue weighted by atomic mass is 9.95. The molecular weight excluding hydrogens is 220 g/mol. The van der Waals surface area contributed by atoms with Gasteiger partial charge >= 0.3 is 0 Å². The number of hydrogen-bond donors (Lipinski definition) is 1. The Morgan fingerprint density at radius 1 is 1.06 bits per heavy atom. The summed E-state index contributed by atoms with van der Waals surface area (Å²) < 4.78 is 0. The van der Waals surface area contributed by atoms with E-state index in [1.165, 1.54) is 0 Å². The summed E-state index contributed by atoms with van der Waals surface area (Å²) in [6.45, 7) is 6.08. The molecule has 0 fully saturated rings. The normalized spacial score (nSPS) is 12.1. The van der Waals surface area contributed by atoms with Gasteiger partial charge in [0.05, 0.1) is 6.10 Å². The molecule has 0 aromatic heterocycles. The summed E-state index contributed by atoms with van der Waals surface area (Å²) in [6, 6.07) is 17.9. The lowest BCUT2D eigenvalue weighted by Crippen LogP contribution is -2.00. The average molecular weight is 238 g/mol. The predicted octanol–water partition coefficient (Wildman–Crippen LogP) is 4.13. The summed E-state index contributed by atoms with van der Waals surface area (Å²) in [5.41, 5.74) is 4.15. The summed E-state index contributed by atoms with van der Waals surface area (Å²) in [4.78, 5) is 0. The third kappa shape index (κ3) is 2.88. The van der Waals surface area contributed by atoms with Gasteiger partial charge in [0.1, 0.15) is 0 Å². The number of aliphatic hydroxyl groups excluding tert-OH is 1. The quantitative estimate of drug-likeness (QED) is 0.849. The van der Waals surface area contributed by atoms with Crippen molar-refractivity contribution >= 4 is 5.57 Å². The van der Waals surface area contributed by atoms with Gasteiger partial charge in [0.2, 0.25) is 0 Å². The highest BCUT2D eigenvalue weighted by atomic mass is 16.3. The van der Waals surface area contributed by atoms with E-state index in [1.807, 2.05) is 61.5 Å². The van der Waals surface area contributed by atoms with Crippen molar-refractivity contribution in [2.75, 3.05) is 0 Å². The number of benzene rings is 2. The van der Waals surface area contributed by atoms with E-state index in [2.05, 4.69) is 6.58 Å². The maximum Gasteiger partial charge on any atom is 0.0832 e. The van der Waals surface area contributed by atoms with Crippen LogP contribution in [0.15, 0.2) is 61.2 Å². The molecule has 2 rings (SSSR count). The van der Waals surface area contributed by atoms with Gasteiger partial charge in [-0.15, -0.1) is 0 Å². The maximum atomic E-state index is 10.3. The lowest BCUT2D eigenvalue weighted by Gasteiger charge is -2.15. The van der Waals surface area contributed by atoms with Crippen LogP contribution in [-0.4, -0.2) is 5.11 Å². The fraction of sp³-hybridized carbons (Fsp3) is 0.176. The summed E-state index contributed by atoms with van der Waals surface area (Å²) >= 11 is 0. The fourth-order valence-electron chi connectivity index (χ4n) is 2.10. The van der Waals surface area contributed by atoms with Crippen LogP contribution in [0.25, 0.3) is 5.57 Å². The Morgan fingerprint density at radius 3 is 2.33 bits per heavy atom. The predicted molar refractivity (Wildman–Crippen MR) is 76.2 cm³/mol. The Morgan fingerprint density at radius 2 is 1.67 bits per heavy atom. The zero-order valence-electron chi connectivity index (χ0n) is 10.6. The van der Waals surface area contributed by atoms with Crippen LogP contribution in [-0.2, 0) is 0 Å². The highest BCUT2D eigenvalue weighted by molar-refractivity contribution is 5.63. The second kappa shape index (κ2) is 5.65. The Balaban J connectivity index is 2.11. The molecule has 1 unspecified atom stereocenters. The molecule has 92 valence electrons. The molecule has 18 heavy (non-hydrogen) atoms. The molecule has 0 aliphatic carbocycles. The van der Waals surface area contributed by atoms with Gasteiger partial charge in [0, 0.05) is 6.42 Å². The molecule has 0 heterocycles. The van der Waals surface area contributed by atoms with Crippen LogP contribution in [0.2, 0.25) is 0 Å². The number of hydrogen-bond acceptors (Lipinski definition) is 1. The second-order valence-electron chi connectivity index (χ2n) is 4.55. The van der Waals surface area contributed by atoms with Crippen LogP contribution in [0.5, 0.6) is 0 Å². The molecule has 0 amide bonds. The zero-order valence-corrected chi connectivity index (χ0v) is 10.6. The highest BCUT2D eigenvalue weighted by Gasteiger charge is 2.11. The molecule has 0 spiro atoms. The van der Waals surface area contributed by atoms with Crippen molar-refractivity contribution in [3.8, 4) is 0 Å². The minimum atomic E-state index is -0.487. The molecule has 2 aromatic carbocycles. The number of rotatable bonds is 4. The molecule has 0 bridgehead atoms. The first-order valence-corrected chi connectivity index (χ1v) is 6.15. The van der Waals surface area contributed by atoms with E-state index >= 15 is 0 Å². The maximum absolute atomic E-state index is 10.3. The summed E-state index contributed by atoms with van der Waals surface area (Å²) in [7, 11) is 0. The van der Waals surface area contributed by atoms with Gasteiger partial charge in [-0.05, 0) is 29.2 Å². The first kappa shape index (κ1) is 12.6. The molecule has 0 saturated heterocycles. The molecule has 0 radical (unpaired) electrons. The van der Waals surface area contributed by atoms with E-state index in [9.17, 15) is 5.11 Å². The van der Waals surface area contributed by atoms with E-state index in [-0.39, 0.29) is 0 Å². The van der Waals surface area contributed by atoms with Crippen LogP contribution in [0.1, 0.15) is 29.2 Å². The fourth-order valence-corrected chi connectivity index (χ4v) is 2.10. The van der Waals surface area contributed by atoms with Gasteiger partial charge in [0.25, 0.3) is 0 Å². The molecule has 0 aliphatic heterocycles. The van der Waals surface area contributed by atoms with Crippen LogP contribution in [0, 0.1) is 6.92 Å². The van der Waals surface area contributed by atoms with Crippen molar-refractivity contribution in [1.29, 1.82) is 0 Å². The largest absolute Gasteiger partial charge is 0.388 e. The lowest BCUT2D eigenvalue weighted by molar-refractivity contribution is 0.183. The Kier molecular flexibility index (Phi) is 3.96. The van der Waals surface area contributed by atoms with E-state index in [1.54, 1.807) is 0 Å². The van der Waals surface area contributed by atoms with Gasteiger partial charge in [0.15, 0.2) is 0 Å². The van der Waals surface area contributed by atoms with Gasteiger partial charge in [-0.2, -0.15) is 0 Å². The van der Waals surface area contributed by atoms with Crippen LogP contribution < -0.4 is 0 Å². The van der Waals surface area contributed by atoms with Crippen molar-refractivity contribution in [1.82, 2.24) is 0 Å². The smallest absolute Gasteiger partial charge is 0.0832 e. The van der Waals surface area contributed by atoms with Crippen LogP contribution >= 0.6 is 0 Å². The van der Waals surface area contributed by atoms with Gasteiger partial charge in [-0.1, -0.05) is 61.2 Å². The highest BCUT2D eigenvalue weighted by Crippen LogP contribution is 2.27. The number of aliphatic hydroxyl groups is 1. The van der Waals surface area contributed by atoms with E-state index < -0.39 is 6.10 Å². The molecule has 0 saturated carbocycles. The standard InChI is InChI=1S/C17H18O/c1-13-8-6-7-11-16(13)17(18)12-14(2)15-9-4-3-5-10-15/h3-11,17-18H,2,12H2,1H3. The van der Waals surface area contributed by atoms with Crippen molar-refractivity contribution in [2.45, 2.75) is 19.4 Å². The average Bonchev–Trinajstić information content (AvgIpc) is 2.40. The summed E-state index contributed by atoms with van der Waals surface area (Å²) in [5, 5.41) is 10.3. The molecule has 1 atom stereocenters. The van der Waals surface area contributed by atoms with E-state index in [0.29, 0.717) is 6.42 Å². The van der Waals surface area contributed by atoms with Gasteiger partial charge < -0.3 is 5.11 Å². The minimum absolute atomic E-state index is 0.487. The van der Waals surface area contributed by atoms with Crippen molar-refractivity contribution in [3.63, 3.8) is 0 Å². The summed E-state index contributed by atoms with van der Waals surface area (Å²) in [5.74, 6) is 0. The number of aryl methyl sites for hydroxylation is 1. The Hall–Kier alpha value is -1.86. The second-order valence-corrected chi connectivity index (χ2v) is 4.55. The molecule has 2 aromatic rings. The molecule has 1 N–H and O–H groups in total. The molecule has 0 aliphatic rings.